The number of carbonyl (C=O) groups excluding carboxylic acids is 1. The lowest BCUT2D eigenvalue weighted by molar-refractivity contribution is 0.0599. The first kappa shape index (κ1) is 20.9. The number of aromatic nitrogens is 2. The fraction of sp³-hybridized carbons (Fsp3) is 0.167. The number of hydrogen-bond acceptors (Lipinski definition) is 5. The molecule has 0 saturated carbocycles. The molecule has 1 aromatic heterocycles. The summed E-state index contributed by atoms with van der Waals surface area (Å²) in [7, 11) is 1.34. The van der Waals surface area contributed by atoms with Gasteiger partial charge in [-0.05, 0) is 54.3 Å². The molecule has 1 heterocycles. The molecule has 0 spiro atoms. The van der Waals surface area contributed by atoms with Crippen LogP contribution in [-0.4, -0.2) is 34.8 Å². The number of H-pyrrole nitrogens is 1. The molecule has 0 atom stereocenters. The number of aromatic amines is 1. The van der Waals surface area contributed by atoms with Crippen molar-refractivity contribution in [2.45, 2.75) is 13.3 Å². The van der Waals surface area contributed by atoms with Gasteiger partial charge in [-0.15, -0.1) is 0 Å². The molecule has 31 heavy (non-hydrogen) atoms. The van der Waals surface area contributed by atoms with Gasteiger partial charge >= 0.3 is 5.97 Å². The molecule has 158 valence electrons. The van der Waals surface area contributed by atoms with E-state index in [0.717, 1.165) is 27.8 Å². The maximum Gasteiger partial charge on any atom is 0.338 e. The Kier molecular flexibility index (Phi) is 5.93. The van der Waals surface area contributed by atoms with Gasteiger partial charge in [0, 0.05) is 12.2 Å². The molecule has 0 fully saturated rings. The summed E-state index contributed by atoms with van der Waals surface area (Å²) in [6, 6.07) is 17.1. The Balaban J connectivity index is 1.64. The number of fused-ring (bicyclic) bond motifs is 1. The highest BCUT2D eigenvalue weighted by Crippen LogP contribution is 2.33. The number of esters is 1. The molecule has 4 aromatic rings. The van der Waals surface area contributed by atoms with E-state index in [-0.39, 0.29) is 6.61 Å². The number of carbonyl (C=O) groups is 1. The van der Waals surface area contributed by atoms with Gasteiger partial charge in [0.25, 0.3) is 6.01 Å². The zero-order valence-corrected chi connectivity index (χ0v) is 17.9. The molecule has 0 aliphatic carbocycles. The Morgan fingerprint density at radius 2 is 1.90 bits per heavy atom. The lowest BCUT2D eigenvalue weighted by Gasteiger charge is -2.07. The van der Waals surface area contributed by atoms with E-state index in [2.05, 4.69) is 9.97 Å². The fourth-order valence-corrected chi connectivity index (χ4v) is 3.64. The molecule has 3 aromatic carbocycles. The van der Waals surface area contributed by atoms with Crippen LogP contribution in [0.1, 0.15) is 21.5 Å². The largest absolute Gasteiger partial charge is 0.465 e. The van der Waals surface area contributed by atoms with Crippen molar-refractivity contribution in [1.29, 1.82) is 0 Å². The Morgan fingerprint density at radius 3 is 2.61 bits per heavy atom. The number of hydrogen-bond donors (Lipinski definition) is 2. The Labute approximate surface area is 184 Å². The van der Waals surface area contributed by atoms with E-state index in [4.69, 9.17) is 26.2 Å². The quantitative estimate of drug-likeness (QED) is 0.400. The standard InChI is InChI=1S/C24H21ClN2O4/c1-14-3-8-17(11-18(14)23(29)30-2)31-24-26-21-12-19(20(25)13-22(21)27-24)16-6-4-15(5-7-16)9-10-28/h3-8,11-13,28H,9-10H2,1-2H3,(H,26,27). The molecule has 0 aliphatic rings. The summed E-state index contributed by atoms with van der Waals surface area (Å²) in [5, 5.41) is 9.66. The summed E-state index contributed by atoms with van der Waals surface area (Å²) in [5.74, 6) is 0.0461. The Bertz CT molecular complexity index is 1250. The number of ether oxygens (including phenoxy) is 2. The number of benzene rings is 3. The summed E-state index contributed by atoms with van der Waals surface area (Å²) >= 11 is 6.52. The van der Waals surface area contributed by atoms with Gasteiger partial charge in [-0.2, -0.15) is 4.98 Å². The molecular formula is C24H21ClN2O4. The highest BCUT2D eigenvalue weighted by atomic mass is 35.5. The van der Waals surface area contributed by atoms with E-state index >= 15 is 0 Å². The van der Waals surface area contributed by atoms with Gasteiger partial charge in [-0.3, -0.25) is 0 Å². The molecule has 0 amide bonds. The van der Waals surface area contributed by atoms with Crippen molar-refractivity contribution < 1.29 is 19.4 Å². The van der Waals surface area contributed by atoms with Gasteiger partial charge in [-0.25, -0.2) is 4.79 Å². The molecule has 6 nitrogen and oxygen atoms in total. The van der Waals surface area contributed by atoms with Crippen molar-refractivity contribution in [3.63, 3.8) is 0 Å². The van der Waals surface area contributed by atoms with E-state index in [1.807, 2.05) is 43.3 Å². The average Bonchev–Trinajstić information content (AvgIpc) is 3.15. The average molecular weight is 437 g/mol. The van der Waals surface area contributed by atoms with E-state index in [1.165, 1.54) is 7.11 Å². The van der Waals surface area contributed by atoms with Crippen LogP contribution in [0.2, 0.25) is 5.02 Å². The summed E-state index contributed by atoms with van der Waals surface area (Å²) < 4.78 is 10.7. The number of aliphatic hydroxyl groups is 1. The summed E-state index contributed by atoms with van der Waals surface area (Å²) in [6.07, 6.45) is 0.615. The minimum Gasteiger partial charge on any atom is -0.465 e. The topological polar surface area (TPSA) is 84.4 Å². The van der Waals surface area contributed by atoms with E-state index < -0.39 is 5.97 Å². The smallest absolute Gasteiger partial charge is 0.338 e. The van der Waals surface area contributed by atoms with Crippen molar-refractivity contribution in [3.8, 4) is 22.9 Å². The van der Waals surface area contributed by atoms with Gasteiger partial charge < -0.3 is 19.6 Å². The SMILES string of the molecule is COC(=O)c1cc(Oc2nc3cc(-c4ccc(CCO)cc4)c(Cl)cc3[nH]2)ccc1C. The minimum absolute atomic E-state index is 0.115. The lowest BCUT2D eigenvalue weighted by atomic mass is 10.0. The predicted molar refractivity (Wildman–Crippen MR) is 120 cm³/mol. The molecule has 0 aliphatic heterocycles. The first-order valence-electron chi connectivity index (χ1n) is 9.74. The molecular weight excluding hydrogens is 416 g/mol. The number of rotatable bonds is 6. The van der Waals surface area contributed by atoms with Crippen LogP contribution in [0.15, 0.2) is 54.6 Å². The maximum absolute atomic E-state index is 11.9. The van der Waals surface area contributed by atoms with Crippen LogP contribution in [0.3, 0.4) is 0 Å². The van der Waals surface area contributed by atoms with E-state index in [0.29, 0.717) is 34.3 Å². The normalized spacial score (nSPS) is 11.0. The highest BCUT2D eigenvalue weighted by molar-refractivity contribution is 6.34. The zero-order chi connectivity index (χ0) is 22.0. The second-order valence-corrected chi connectivity index (χ2v) is 7.54. The monoisotopic (exact) mass is 436 g/mol. The molecule has 7 heteroatoms. The minimum atomic E-state index is -0.422. The predicted octanol–water partition coefficient (Wildman–Crippen LogP) is 5.31. The number of aryl methyl sites for hydroxylation is 1. The highest BCUT2D eigenvalue weighted by Gasteiger charge is 2.14. The van der Waals surface area contributed by atoms with Crippen molar-refractivity contribution in [1.82, 2.24) is 9.97 Å². The van der Waals surface area contributed by atoms with E-state index in [1.54, 1.807) is 18.2 Å². The van der Waals surface area contributed by atoms with Crippen LogP contribution in [0, 0.1) is 6.92 Å². The Hall–Kier alpha value is -3.35. The van der Waals surface area contributed by atoms with E-state index in [9.17, 15) is 4.79 Å². The first-order valence-corrected chi connectivity index (χ1v) is 10.1. The second kappa shape index (κ2) is 8.79. The number of nitrogens with one attached hydrogen (secondary N) is 1. The summed E-state index contributed by atoms with van der Waals surface area (Å²) in [5.41, 5.74) is 5.54. The summed E-state index contributed by atoms with van der Waals surface area (Å²) in [6.45, 7) is 1.95. The van der Waals surface area contributed by atoms with Crippen molar-refractivity contribution in [2.75, 3.05) is 13.7 Å². The zero-order valence-electron chi connectivity index (χ0n) is 17.1. The number of imidazole rings is 1. The van der Waals surface area contributed by atoms with Gasteiger partial charge in [0.2, 0.25) is 0 Å². The second-order valence-electron chi connectivity index (χ2n) is 7.13. The molecule has 0 radical (unpaired) electrons. The fourth-order valence-electron chi connectivity index (χ4n) is 3.36. The van der Waals surface area contributed by atoms with Crippen molar-refractivity contribution >= 4 is 28.6 Å². The van der Waals surface area contributed by atoms with Gasteiger partial charge in [0.1, 0.15) is 5.75 Å². The third kappa shape index (κ3) is 4.40. The third-order valence-electron chi connectivity index (χ3n) is 5.04. The van der Waals surface area contributed by atoms with Crippen molar-refractivity contribution in [3.05, 3.63) is 76.3 Å². The van der Waals surface area contributed by atoms with Gasteiger partial charge in [0.15, 0.2) is 0 Å². The number of halogens is 1. The molecule has 0 saturated heterocycles. The van der Waals surface area contributed by atoms with Crippen molar-refractivity contribution in [2.24, 2.45) is 0 Å². The van der Waals surface area contributed by atoms with Gasteiger partial charge in [-0.1, -0.05) is 41.9 Å². The molecule has 0 unspecified atom stereocenters. The maximum atomic E-state index is 11.9. The van der Waals surface area contributed by atoms with Gasteiger partial charge in [0.05, 0.1) is 28.7 Å². The third-order valence-corrected chi connectivity index (χ3v) is 5.36. The number of methoxy groups -OCH3 is 1. The molecule has 2 N–H and O–H groups in total. The van der Waals surface area contributed by atoms with Crippen LogP contribution in [0.5, 0.6) is 11.8 Å². The first-order chi connectivity index (χ1) is 15.0. The number of aliphatic hydroxyl groups excluding tert-OH is 1. The number of nitrogens with zero attached hydrogens (tertiary/aromatic N) is 1. The summed E-state index contributed by atoms with van der Waals surface area (Å²) in [4.78, 5) is 19.5. The van der Waals surface area contributed by atoms with Crippen LogP contribution >= 0.6 is 11.6 Å². The molecule has 0 bridgehead atoms. The Morgan fingerprint density at radius 1 is 1.13 bits per heavy atom. The molecule has 4 rings (SSSR count). The van der Waals surface area contributed by atoms with Crippen LogP contribution in [-0.2, 0) is 11.2 Å². The lowest BCUT2D eigenvalue weighted by Crippen LogP contribution is -2.04. The van der Waals surface area contributed by atoms with Crippen LogP contribution in [0.25, 0.3) is 22.2 Å². The van der Waals surface area contributed by atoms with Crippen LogP contribution in [0.4, 0.5) is 0 Å². The van der Waals surface area contributed by atoms with Crippen LogP contribution < -0.4 is 4.74 Å².